The number of hydrogen-bond donors (Lipinski definition) is 1. The van der Waals surface area contributed by atoms with Gasteiger partial charge >= 0.3 is 0 Å². The summed E-state index contributed by atoms with van der Waals surface area (Å²) in [5.41, 5.74) is 5.31. The molecule has 0 aromatic carbocycles. The zero-order valence-corrected chi connectivity index (χ0v) is 10.7. The van der Waals surface area contributed by atoms with E-state index in [-0.39, 0.29) is 24.2 Å². The van der Waals surface area contributed by atoms with Gasteiger partial charge in [0, 0.05) is 32.2 Å². The Morgan fingerprint density at radius 2 is 1.88 bits per heavy atom. The molecule has 0 saturated carbocycles. The lowest BCUT2D eigenvalue weighted by atomic mass is 10.2. The van der Waals surface area contributed by atoms with Crippen LogP contribution in [0.1, 0.15) is 6.42 Å². The van der Waals surface area contributed by atoms with Crippen LogP contribution in [0.3, 0.4) is 0 Å². The van der Waals surface area contributed by atoms with Gasteiger partial charge in [-0.05, 0) is 6.42 Å². The van der Waals surface area contributed by atoms with Crippen LogP contribution in [0.2, 0.25) is 0 Å². The highest BCUT2D eigenvalue weighted by Crippen LogP contribution is 2.19. The molecule has 2 aliphatic heterocycles. The number of piperazine rings is 1. The van der Waals surface area contributed by atoms with Crippen molar-refractivity contribution in [2.45, 2.75) is 12.5 Å². The fraction of sp³-hybridized carbons (Fsp3) is 0.900. The van der Waals surface area contributed by atoms with Crippen molar-refractivity contribution in [3.8, 4) is 0 Å². The van der Waals surface area contributed by atoms with Crippen molar-refractivity contribution in [2.75, 3.05) is 44.2 Å². The van der Waals surface area contributed by atoms with Gasteiger partial charge in [0.1, 0.15) is 0 Å². The Hall–Kier alpha value is -0.660. The molecule has 0 bridgehead atoms. The van der Waals surface area contributed by atoms with E-state index in [1.807, 2.05) is 0 Å². The molecule has 7 heteroatoms. The number of sulfone groups is 1. The summed E-state index contributed by atoms with van der Waals surface area (Å²) in [6.45, 7) is 2.88. The molecular formula is C10H19N3O3S. The summed E-state index contributed by atoms with van der Waals surface area (Å²) in [5, 5.41) is 0. The first-order valence-corrected chi connectivity index (χ1v) is 7.76. The number of rotatable bonds is 2. The second kappa shape index (κ2) is 4.91. The molecule has 2 rings (SSSR count). The highest BCUT2D eigenvalue weighted by molar-refractivity contribution is 7.91. The third kappa shape index (κ3) is 2.97. The monoisotopic (exact) mass is 261 g/mol. The Morgan fingerprint density at radius 3 is 2.35 bits per heavy atom. The Balaban J connectivity index is 1.86. The van der Waals surface area contributed by atoms with Crippen LogP contribution in [-0.4, -0.2) is 74.4 Å². The van der Waals surface area contributed by atoms with E-state index in [2.05, 4.69) is 4.90 Å². The summed E-state index contributed by atoms with van der Waals surface area (Å²) >= 11 is 0. The van der Waals surface area contributed by atoms with Crippen LogP contribution in [0.5, 0.6) is 0 Å². The lowest BCUT2D eigenvalue weighted by Gasteiger charge is -2.37. The van der Waals surface area contributed by atoms with E-state index in [9.17, 15) is 13.2 Å². The Morgan fingerprint density at radius 1 is 1.24 bits per heavy atom. The van der Waals surface area contributed by atoms with Crippen LogP contribution in [0.4, 0.5) is 0 Å². The van der Waals surface area contributed by atoms with E-state index >= 15 is 0 Å². The van der Waals surface area contributed by atoms with Crippen LogP contribution < -0.4 is 5.73 Å². The minimum atomic E-state index is -2.82. The maximum absolute atomic E-state index is 11.4. The molecule has 0 aliphatic carbocycles. The minimum absolute atomic E-state index is 0.0244. The number of carbonyl (C=O) groups excluding carboxylic acids is 1. The first-order chi connectivity index (χ1) is 8.02. The smallest absolute Gasteiger partial charge is 0.236 e. The van der Waals surface area contributed by atoms with E-state index < -0.39 is 9.84 Å². The molecule has 2 N–H and O–H groups in total. The second-order valence-electron chi connectivity index (χ2n) is 4.68. The van der Waals surface area contributed by atoms with Gasteiger partial charge in [-0.25, -0.2) is 8.42 Å². The van der Waals surface area contributed by atoms with Gasteiger partial charge in [-0.1, -0.05) is 0 Å². The van der Waals surface area contributed by atoms with Gasteiger partial charge in [0.2, 0.25) is 5.91 Å². The molecular weight excluding hydrogens is 242 g/mol. The van der Waals surface area contributed by atoms with Crippen molar-refractivity contribution >= 4 is 15.7 Å². The molecule has 6 nitrogen and oxygen atoms in total. The molecule has 2 fully saturated rings. The van der Waals surface area contributed by atoms with Crippen molar-refractivity contribution < 1.29 is 13.2 Å². The fourth-order valence-corrected chi connectivity index (χ4v) is 4.29. The number of amides is 1. The molecule has 2 saturated heterocycles. The Kier molecular flexibility index (Phi) is 3.70. The van der Waals surface area contributed by atoms with Gasteiger partial charge in [-0.15, -0.1) is 0 Å². The molecule has 2 heterocycles. The molecule has 0 aromatic rings. The standard InChI is InChI=1S/C10H19N3O3S/c11-7-10(14)13-4-2-12(3-5-13)9-1-6-17(15,16)8-9/h9H,1-8,11H2. The molecule has 0 spiro atoms. The van der Waals surface area contributed by atoms with Crippen LogP contribution in [-0.2, 0) is 14.6 Å². The van der Waals surface area contributed by atoms with Crippen molar-refractivity contribution in [1.82, 2.24) is 9.80 Å². The van der Waals surface area contributed by atoms with Gasteiger partial charge in [0.05, 0.1) is 18.1 Å². The van der Waals surface area contributed by atoms with Crippen molar-refractivity contribution in [2.24, 2.45) is 5.73 Å². The van der Waals surface area contributed by atoms with E-state index in [1.165, 1.54) is 0 Å². The average molecular weight is 261 g/mol. The first-order valence-electron chi connectivity index (χ1n) is 5.94. The highest BCUT2D eigenvalue weighted by atomic mass is 32.2. The van der Waals surface area contributed by atoms with Gasteiger partial charge in [-0.3, -0.25) is 9.69 Å². The largest absolute Gasteiger partial charge is 0.339 e. The van der Waals surface area contributed by atoms with E-state index in [4.69, 9.17) is 5.73 Å². The quantitative estimate of drug-likeness (QED) is 0.639. The summed E-state index contributed by atoms with van der Waals surface area (Å²) in [4.78, 5) is 15.3. The van der Waals surface area contributed by atoms with Crippen LogP contribution in [0, 0.1) is 0 Å². The summed E-state index contributed by atoms with van der Waals surface area (Å²) in [7, 11) is -2.82. The SMILES string of the molecule is NCC(=O)N1CCN(C2CCS(=O)(=O)C2)CC1. The zero-order valence-electron chi connectivity index (χ0n) is 9.84. The Labute approximate surface area is 102 Å². The third-order valence-corrected chi connectivity index (χ3v) is 5.32. The van der Waals surface area contributed by atoms with Gasteiger partial charge < -0.3 is 10.6 Å². The third-order valence-electron chi connectivity index (χ3n) is 3.57. The first kappa shape index (κ1) is 12.8. The average Bonchev–Trinajstić information content (AvgIpc) is 2.69. The van der Waals surface area contributed by atoms with Gasteiger partial charge in [-0.2, -0.15) is 0 Å². The molecule has 0 aromatic heterocycles. The molecule has 17 heavy (non-hydrogen) atoms. The van der Waals surface area contributed by atoms with Gasteiger partial charge in [0.25, 0.3) is 0 Å². The maximum atomic E-state index is 11.4. The van der Waals surface area contributed by atoms with Crippen LogP contribution >= 0.6 is 0 Å². The minimum Gasteiger partial charge on any atom is -0.339 e. The number of hydrogen-bond acceptors (Lipinski definition) is 5. The summed E-state index contributed by atoms with van der Waals surface area (Å²) in [5.74, 6) is 0.556. The normalized spacial score (nSPS) is 29.5. The summed E-state index contributed by atoms with van der Waals surface area (Å²) in [6, 6.07) is 0.148. The van der Waals surface area contributed by atoms with Gasteiger partial charge in [0.15, 0.2) is 9.84 Å². The van der Waals surface area contributed by atoms with Crippen LogP contribution in [0.15, 0.2) is 0 Å². The number of carbonyl (C=O) groups is 1. The topological polar surface area (TPSA) is 83.7 Å². The molecule has 1 atom stereocenters. The summed E-state index contributed by atoms with van der Waals surface area (Å²) < 4.78 is 22.8. The molecule has 1 amide bonds. The van der Waals surface area contributed by atoms with Crippen molar-refractivity contribution in [1.29, 1.82) is 0 Å². The Bertz CT molecular complexity index is 388. The van der Waals surface area contributed by atoms with Crippen LogP contribution in [0.25, 0.3) is 0 Å². The van der Waals surface area contributed by atoms with E-state index in [1.54, 1.807) is 4.90 Å². The van der Waals surface area contributed by atoms with Crippen molar-refractivity contribution in [3.63, 3.8) is 0 Å². The predicted molar refractivity (Wildman–Crippen MR) is 64.3 cm³/mol. The second-order valence-corrected chi connectivity index (χ2v) is 6.91. The van der Waals surface area contributed by atoms with E-state index in [0.717, 1.165) is 19.5 Å². The maximum Gasteiger partial charge on any atom is 0.236 e. The fourth-order valence-electron chi connectivity index (χ4n) is 2.53. The molecule has 1 unspecified atom stereocenters. The molecule has 98 valence electrons. The van der Waals surface area contributed by atoms with Crippen molar-refractivity contribution in [3.05, 3.63) is 0 Å². The number of nitrogens with two attached hydrogens (primary N) is 1. The zero-order chi connectivity index (χ0) is 12.5. The lowest BCUT2D eigenvalue weighted by Crippen LogP contribution is -2.53. The predicted octanol–water partition coefficient (Wildman–Crippen LogP) is -1.72. The summed E-state index contributed by atoms with van der Waals surface area (Å²) in [6.07, 6.45) is 0.729. The highest BCUT2D eigenvalue weighted by Gasteiger charge is 2.34. The van der Waals surface area contributed by atoms with E-state index in [0.29, 0.717) is 18.8 Å². The lowest BCUT2D eigenvalue weighted by molar-refractivity contribution is -0.131. The number of nitrogens with zero attached hydrogens (tertiary/aromatic N) is 2. The molecule has 2 aliphatic rings. The molecule has 0 radical (unpaired) electrons.